The van der Waals surface area contributed by atoms with Crippen LogP contribution in [-0.2, 0) is 14.3 Å². The molecule has 2 aromatic carbocycles. The van der Waals surface area contributed by atoms with E-state index < -0.39 is 77.1 Å². The van der Waals surface area contributed by atoms with Crippen molar-refractivity contribution < 1.29 is 38.4 Å². The van der Waals surface area contributed by atoms with E-state index in [-0.39, 0.29) is 30.8 Å². The highest BCUT2D eigenvalue weighted by atomic mass is 19.1. The molecule has 4 aliphatic carbocycles. The first kappa shape index (κ1) is 30.7. The molecular weight excluding hydrogens is 580 g/mol. The molecule has 7 nitrogen and oxygen atoms in total. The minimum Gasteiger partial charge on any atom is -0.399 e. The zero-order valence-corrected chi connectivity index (χ0v) is 25.7. The van der Waals surface area contributed by atoms with Crippen LogP contribution in [0.1, 0.15) is 68.9 Å². The van der Waals surface area contributed by atoms with Crippen LogP contribution in [0.4, 0.5) is 14.5 Å². The largest absolute Gasteiger partial charge is 0.399 e. The third kappa shape index (κ3) is 4.00. The SMILES string of the molecule is C[C@H](c1ccc([C@@H]2O[C@@H]3C[C@H]4[C@@H]5C[C@H](F)C6=CC(O)C=C[C@]6(C)[C@@]5(F)[C@@H](O)C[C@]4(C)[C@]3(C(=O)CO)O2)cc1)c1cccc(N)c1. The molecule has 12 atom stereocenters. The molecule has 5 N–H and O–H groups in total. The molecule has 0 radical (unpaired) electrons. The second-order valence-electron chi connectivity index (χ2n) is 14.2. The average molecular weight is 622 g/mol. The van der Waals surface area contributed by atoms with E-state index in [9.17, 15) is 20.1 Å². The summed E-state index contributed by atoms with van der Waals surface area (Å²) in [5.41, 5.74) is 3.09. The number of Topliss-reactive ketones (excluding diaryl/α,β-unsaturated/α-hetero) is 1. The molecule has 7 rings (SSSR count). The summed E-state index contributed by atoms with van der Waals surface area (Å²) in [4.78, 5) is 13.8. The lowest BCUT2D eigenvalue weighted by molar-refractivity contribution is -0.235. The minimum atomic E-state index is -2.25. The number of anilines is 1. The van der Waals surface area contributed by atoms with Crippen molar-refractivity contribution >= 4 is 11.5 Å². The van der Waals surface area contributed by atoms with Gasteiger partial charge in [0.05, 0.1) is 18.3 Å². The van der Waals surface area contributed by atoms with E-state index in [4.69, 9.17) is 15.2 Å². The van der Waals surface area contributed by atoms with Gasteiger partial charge < -0.3 is 30.5 Å². The molecule has 1 heterocycles. The number of allylic oxidation sites excluding steroid dienone is 2. The van der Waals surface area contributed by atoms with Gasteiger partial charge in [-0.25, -0.2) is 8.78 Å². The van der Waals surface area contributed by atoms with Crippen molar-refractivity contribution in [2.45, 2.75) is 88.0 Å². The molecule has 1 unspecified atom stereocenters. The van der Waals surface area contributed by atoms with Gasteiger partial charge in [-0.1, -0.05) is 62.4 Å². The predicted molar refractivity (Wildman–Crippen MR) is 163 cm³/mol. The number of fused-ring (bicyclic) bond motifs is 7. The molecule has 3 saturated carbocycles. The number of ether oxygens (including phenoxy) is 2. The minimum absolute atomic E-state index is 0.0772. The molecule has 0 bridgehead atoms. The van der Waals surface area contributed by atoms with Gasteiger partial charge in [0, 0.05) is 33.9 Å². The number of benzene rings is 2. The summed E-state index contributed by atoms with van der Waals surface area (Å²) in [5, 5.41) is 32.1. The first-order valence-electron chi connectivity index (χ1n) is 15.8. The smallest absolute Gasteiger partial charge is 0.193 e. The number of hydrogen-bond acceptors (Lipinski definition) is 7. The summed E-state index contributed by atoms with van der Waals surface area (Å²) in [7, 11) is 0. The van der Waals surface area contributed by atoms with Gasteiger partial charge in [0.1, 0.15) is 12.8 Å². The third-order valence-corrected chi connectivity index (χ3v) is 12.1. The Hall–Kier alpha value is -2.95. The summed E-state index contributed by atoms with van der Waals surface area (Å²) in [6, 6.07) is 15.4. The first-order chi connectivity index (χ1) is 21.3. The van der Waals surface area contributed by atoms with Gasteiger partial charge in [-0.2, -0.15) is 0 Å². The van der Waals surface area contributed by atoms with Crippen molar-refractivity contribution in [1.82, 2.24) is 0 Å². The van der Waals surface area contributed by atoms with Gasteiger partial charge in [-0.15, -0.1) is 0 Å². The maximum Gasteiger partial charge on any atom is 0.193 e. The Bertz CT molecular complexity index is 1580. The molecule has 0 spiro atoms. The Labute approximate surface area is 261 Å². The van der Waals surface area contributed by atoms with Crippen molar-refractivity contribution in [2.75, 3.05) is 12.3 Å². The predicted octanol–water partition coefficient (Wildman–Crippen LogP) is 4.86. The van der Waals surface area contributed by atoms with E-state index in [2.05, 4.69) is 6.92 Å². The fraction of sp³-hybridized carbons (Fsp3) is 0.528. The second-order valence-corrected chi connectivity index (χ2v) is 14.2. The molecule has 1 saturated heterocycles. The number of carbonyl (C=O) groups is 1. The number of ketones is 1. The summed E-state index contributed by atoms with van der Waals surface area (Å²) >= 11 is 0. The van der Waals surface area contributed by atoms with E-state index in [1.807, 2.05) is 48.5 Å². The molecule has 5 aliphatic rings. The molecule has 2 aromatic rings. The first-order valence-corrected chi connectivity index (χ1v) is 15.8. The maximum absolute atomic E-state index is 17.6. The zero-order chi connectivity index (χ0) is 32.1. The van der Waals surface area contributed by atoms with Gasteiger partial charge in [0.25, 0.3) is 0 Å². The molecule has 45 heavy (non-hydrogen) atoms. The monoisotopic (exact) mass is 621 g/mol. The molecule has 1 aliphatic heterocycles. The number of nitrogen functional groups attached to an aromatic ring is 1. The third-order valence-electron chi connectivity index (χ3n) is 12.1. The topological polar surface area (TPSA) is 122 Å². The number of alkyl halides is 2. The number of aliphatic hydroxyl groups is 3. The van der Waals surface area contributed by atoms with Crippen molar-refractivity contribution in [3.8, 4) is 0 Å². The number of rotatable bonds is 5. The molecule has 0 amide bonds. The Morgan fingerprint density at radius 3 is 2.51 bits per heavy atom. The van der Waals surface area contributed by atoms with Crippen LogP contribution in [0, 0.1) is 22.7 Å². The van der Waals surface area contributed by atoms with Gasteiger partial charge in [-0.3, -0.25) is 4.79 Å². The highest BCUT2D eigenvalue weighted by Gasteiger charge is 2.80. The van der Waals surface area contributed by atoms with Crippen LogP contribution >= 0.6 is 0 Å². The normalized spacial score (nSPS) is 43.9. The lowest BCUT2D eigenvalue weighted by Crippen LogP contribution is -2.70. The van der Waals surface area contributed by atoms with Crippen LogP contribution in [-0.4, -0.2) is 63.5 Å². The molecule has 9 heteroatoms. The number of halogens is 2. The van der Waals surface area contributed by atoms with Crippen LogP contribution in [0.2, 0.25) is 0 Å². The van der Waals surface area contributed by atoms with Crippen LogP contribution in [0.3, 0.4) is 0 Å². The lowest BCUT2D eigenvalue weighted by Gasteiger charge is -2.63. The molecular formula is C36H41F2NO6. The van der Waals surface area contributed by atoms with Crippen LogP contribution < -0.4 is 5.73 Å². The van der Waals surface area contributed by atoms with Crippen molar-refractivity contribution in [1.29, 1.82) is 0 Å². The van der Waals surface area contributed by atoms with Gasteiger partial charge >= 0.3 is 0 Å². The number of aliphatic hydroxyl groups excluding tert-OH is 3. The Kier molecular flexibility index (Phi) is 7.01. The van der Waals surface area contributed by atoms with Crippen molar-refractivity contribution in [3.05, 3.63) is 89.0 Å². The van der Waals surface area contributed by atoms with Crippen LogP contribution in [0.25, 0.3) is 0 Å². The van der Waals surface area contributed by atoms with E-state index >= 15 is 8.78 Å². The number of carbonyl (C=O) groups excluding carboxylic acids is 1. The maximum atomic E-state index is 17.6. The fourth-order valence-corrected chi connectivity index (χ4v) is 9.79. The molecule has 0 aromatic heterocycles. The van der Waals surface area contributed by atoms with Crippen molar-refractivity contribution in [3.63, 3.8) is 0 Å². The second kappa shape index (κ2) is 10.3. The summed E-state index contributed by atoms with van der Waals surface area (Å²) in [5.74, 6) is -2.06. The highest BCUT2D eigenvalue weighted by molar-refractivity contribution is 5.91. The van der Waals surface area contributed by atoms with E-state index in [0.29, 0.717) is 11.3 Å². The Balaban J connectivity index is 1.21. The van der Waals surface area contributed by atoms with Crippen molar-refractivity contribution in [2.24, 2.45) is 22.7 Å². The number of nitrogens with two attached hydrogens (primary N) is 1. The van der Waals surface area contributed by atoms with Gasteiger partial charge in [0.15, 0.2) is 23.3 Å². The Morgan fingerprint density at radius 2 is 1.82 bits per heavy atom. The lowest BCUT2D eigenvalue weighted by atomic mass is 9.44. The van der Waals surface area contributed by atoms with E-state index in [0.717, 1.165) is 11.1 Å². The summed E-state index contributed by atoms with van der Waals surface area (Å²) in [6.45, 7) is 4.64. The highest BCUT2D eigenvalue weighted by Crippen LogP contribution is 2.72. The van der Waals surface area contributed by atoms with Gasteiger partial charge in [0.2, 0.25) is 0 Å². The average Bonchev–Trinajstić information content (AvgIpc) is 3.52. The summed E-state index contributed by atoms with van der Waals surface area (Å²) in [6.07, 6.45) is -1.76. The molecule has 4 fully saturated rings. The quantitative estimate of drug-likeness (QED) is 0.278. The zero-order valence-electron chi connectivity index (χ0n) is 25.7. The van der Waals surface area contributed by atoms with E-state index in [1.54, 1.807) is 13.8 Å². The van der Waals surface area contributed by atoms with Crippen LogP contribution in [0.15, 0.2) is 72.3 Å². The molecule has 240 valence electrons. The standard InChI is InChI=1S/C36H41F2NO6/c1-19(22-5-4-6-23(39)13-22)20-7-9-21(10-8-20)32-44-31-16-25-26-15-28(37)27-14-24(41)11-12-33(27,2)35(26,38)29(42)17-34(25,3)36(31,45-32)30(43)18-40/h4-14,19,24-26,28-29,31-32,40-42H,15-18,39H2,1-3H3/t19-,24?,25+,26+,28+,29+,31-,32-,33+,34+,35+,36-/m1/s1. The van der Waals surface area contributed by atoms with Crippen LogP contribution in [0.5, 0.6) is 0 Å². The summed E-state index contributed by atoms with van der Waals surface area (Å²) < 4.78 is 46.5. The van der Waals surface area contributed by atoms with E-state index in [1.165, 1.54) is 18.2 Å². The van der Waals surface area contributed by atoms with Gasteiger partial charge in [-0.05, 0) is 67.0 Å². The fourth-order valence-electron chi connectivity index (χ4n) is 9.79. The number of hydrogen-bond donors (Lipinski definition) is 4. The Morgan fingerprint density at radius 1 is 1.09 bits per heavy atom.